The summed E-state index contributed by atoms with van der Waals surface area (Å²) in [4.78, 5) is 0. The maximum Gasteiger partial charge on any atom is 0.168 e. The summed E-state index contributed by atoms with van der Waals surface area (Å²) >= 11 is 0. The van der Waals surface area contributed by atoms with E-state index < -0.39 is 0 Å². The molecule has 0 bridgehead atoms. The van der Waals surface area contributed by atoms with Crippen molar-refractivity contribution in [1.29, 1.82) is 0 Å². The van der Waals surface area contributed by atoms with Crippen LogP contribution in [0.1, 0.15) is 6.92 Å². The fourth-order valence-corrected chi connectivity index (χ4v) is 3.09. The van der Waals surface area contributed by atoms with Crippen LogP contribution in [0.15, 0.2) is 91.8 Å². The van der Waals surface area contributed by atoms with Crippen LogP contribution in [-0.2, 0) is 19.6 Å². The summed E-state index contributed by atoms with van der Waals surface area (Å²) in [5.74, 6) is 0. The van der Waals surface area contributed by atoms with Gasteiger partial charge in [-0.25, -0.2) is 13.7 Å². The topological polar surface area (TPSA) is 11.6 Å². The van der Waals surface area contributed by atoms with Crippen molar-refractivity contribution in [1.82, 2.24) is 0 Å². The predicted molar refractivity (Wildman–Crippen MR) is 88.0 cm³/mol. The highest BCUT2D eigenvalue weighted by atomic mass is 15.0. The van der Waals surface area contributed by atoms with Crippen LogP contribution in [0, 0.1) is 5.41 Å². The molecule has 0 spiro atoms. The molecule has 0 radical (unpaired) electrons. The Balaban J connectivity index is 1.85. The normalized spacial score (nSPS) is 11.3. The van der Waals surface area contributed by atoms with E-state index in [0.717, 1.165) is 19.6 Å². The lowest BCUT2D eigenvalue weighted by molar-refractivity contribution is -0.782. The number of hydrogen-bond acceptors (Lipinski definition) is 0. The highest BCUT2D eigenvalue weighted by Gasteiger charge is 2.38. The molecule has 0 saturated carbocycles. The Morgan fingerprint density at radius 3 is 1.00 bits per heavy atom. The molecule has 3 aromatic heterocycles. The molecule has 0 fully saturated rings. The maximum absolute atomic E-state index is 2.35. The van der Waals surface area contributed by atoms with Crippen LogP contribution in [0.4, 0.5) is 0 Å². The van der Waals surface area contributed by atoms with Gasteiger partial charge in [0.05, 0.1) is 0 Å². The van der Waals surface area contributed by atoms with Crippen molar-refractivity contribution >= 4 is 0 Å². The summed E-state index contributed by atoms with van der Waals surface area (Å²) < 4.78 is 6.81. The molecule has 0 aliphatic carbocycles. The van der Waals surface area contributed by atoms with Gasteiger partial charge >= 0.3 is 0 Å². The van der Waals surface area contributed by atoms with Crippen LogP contribution in [-0.4, -0.2) is 0 Å². The van der Waals surface area contributed by atoms with Crippen molar-refractivity contribution in [2.24, 2.45) is 5.41 Å². The summed E-state index contributed by atoms with van der Waals surface area (Å²) in [6, 6.07) is 18.7. The molecule has 3 rings (SSSR count). The van der Waals surface area contributed by atoms with Gasteiger partial charge in [-0.3, -0.25) is 0 Å². The molecule has 0 N–H and O–H groups in total. The second kappa shape index (κ2) is 7.14. The predicted octanol–water partition coefficient (Wildman–Crippen LogP) is 1.96. The molecule has 0 unspecified atom stereocenters. The van der Waals surface area contributed by atoms with E-state index in [4.69, 9.17) is 0 Å². The fraction of sp³-hybridized carbons (Fsp3) is 0.250. The number of nitrogens with zero attached hydrogens (tertiary/aromatic N) is 3. The molecule has 3 heteroatoms. The van der Waals surface area contributed by atoms with Gasteiger partial charge in [0.2, 0.25) is 0 Å². The lowest BCUT2D eigenvalue weighted by atomic mass is 9.89. The summed E-state index contributed by atoms with van der Waals surface area (Å²) in [6.07, 6.45) is 12.9. The molecular formula is C20H24N3+3. The number of hydrogen-bond donors (Lipinski definition) is 0. The number of rotatable bonds is 6. The van der Waals surface area contributed by atoms with E-state index in [1.165, 1.54) is 0 Å². The fourth-order valence-electron chi connectivity index (χ4n) is 3.09. The van der Waals surface area contributed by atoms with E-state index in [9.17, 15) is 0 Å². The first-order chi connectivity index (χ1) is 11.2. The van der Waals surface area contributed by atoms with Gasteiger partial charge in [0.25, 0.3) is 0 Å². The molecule has 23 heavy (non-hydrogen) atoms. The Hall–Kier alpha value is -2.55. The van der Waals surface area contributed by atoms with Gasteiger partial charge < -0.3 is 0 Å². The lowest BCUT2D eigenvalue weighted by Crippen LogP contribution is -2.55. The Morgan fingerprint density at radius 1 is 0.478 bits per heavy atom. The Labute approximate surface area is 138 Å². The summed E-state index contributed by atoms with van der Waals surface area (Å²) in [7, 11) is 0. The molecule has 0 amide bonds. The quantitative estimate of drug-likeness (QED) is 0.617. The van der Waals surface area contributed by atoms with Crippen molar-refractivity contribution in [3.05, 3.63) is 91.8 Å². The standard InChI is InChI=1S/C20H24N3/c1-20(17-21-11-5-2-6-12-21,18-22-13-7-3-8-14-22)19-23-15-9-4-10-16-23/h2-16H,17-19H2,1H3/q+3. The summed E-state index contributed by atoms with van der Waals surface area (Å²) in [6.45, 7) is 5.26. The largest absolute Gasteiger partial charge is 0.204 e. The summed E-state index contributed by atoms with van der Waals surface area (Å²) in [5, 5.41) is 0. The van der Waals surface area contributed by atoms with Crippen molar-refractivity contribution in [3.8, 4) is 0 Å². The summed E-state index contributed by atoms with van der Waals surface area (Å²) in [5.41, 5.74) is 0.101. The van der Waals surface area contributed by atoms with Crippen molar-refractivity contribution in [2.75, 3.05) is 0 Å². The van der Waals surface area contributed by atoms with Gasteiger partial charge in [0.15, 0.2) is 56.8 Å². The van der Waals surface area contributed by atoms with E-state index in [-0.39, 0.29) is 5.41 Å². The SMILES string of the molecule is CC(C[n+]1ccccc1)(C[n+]1ccccc1)C[n+]1ccccc1. The maximum atomic E-state index is 2.35. The lowest BCUT2D eigenvalue weighted by Gasteiger charge is -2.20. The minimum absolute atomic E-state index is 0.101. The van der Waals surface area contributed by atoms with E-state index in [1.807, 2.05) is 0 Å². The van der Waals surface area contributed by atoms with E-state index in [0.29, 0.717) is 0 Å². The van der Waals surface area contributed by atoms with Crippen molar-refractivity contribution in [3.63, 3.8) is 0 Å². The average Bonchev–Trinajstić information content (AvgIpc) is 2.57. The van der Waals surface area contributed by atoms with Crippen LogP contribution in [0.5, 0.6) is 0 Å². The smallest absolute Gasteiger partial charge is 0.168 e. The van der Waals surface area contributed by atoms with Gasteiger partial charge in [-0.15, -0.1) is 0 Å². The third kappa shape index (κ3) is 4.46. The molecular weight excluding hydrogens is 282 g/mol. The molecule has 0 aliphatic heterocycles. The van der Waals surface area contributed by atoms with Crippen LogP contribution < -0.4 is 13.7 Å². The minimum atomic E-state index is 0.101. The van der Waals surface area contributed by atoms with Gasteiger partial charge in [-0.05, 0) is 6.92 Å². The van der Waals surface area contributed by atoms with E-state index in [1.54, 1.807) is 0 Å². The monoisotopic (exact) mass is 306 g/mol. The number of pyridine rings is 3. The first-order valence-electron chi connectivity index (χ1n) is 8.06. The molecule has 3 aromatic rings. The molecule has 0 saturated heterocycles. The highest BCUT2D eigenvalue weighted by Crippen LogP contribution is 2.17. The number of aromatic nitrogens is 3. The zero-order valence-corrected chi connectivity index (χ0v) is 13.6. The molecule has 116 valence electrons. The second-order valence-electron chi connectivity index (χ2n) is 6.45. The van der Waals surface area contributed by atoms with Gasteiger partial charge in [-0.1, -0.05) is 18.2 Å². The zero-order chi connectivity index (χ0) is 16.0. The van der Waals surface area contributed by atoms with Gasteiger partial charge in [0.1, 0.15) is 5.41 Å². The third-order valence-corrected chi connectivity index (χ3v) is 4.02. The van der Waals surface area contributed by atoms with Crippen LogP contribution >= 0.6 is 0 Å². The first-order valence-corrected chi connectivity index (χ1v) is 8.06. The third-order valence-electron chi connectivity index (χ3n) is 4.02. The minimum Gasteiger partial charge on any atom is -0.204 e. The van der Waals surface area contributed by atoms with Gasteiger partial charge in [-0.2, -0.15) is 0 Å². The Morgan fingerprint density at radius 2 is 0.739 bits per heavy atom. The molecule has 0 atom stereocenters. The van der Waals surface area contributed by atoms with E-state index in [2.05, 4.69) is 112 Å². The van der Waals surface area contributed by atoms with E-state index >= 15 is 0 Å². The van der Waals surface area contributed by atoms with Crippen LogP contribution in [0.2, 0.25) is 0 Å². The second-order valence-corrected chi connectivity index (χ2v) is 6.45. The molecule has 0 aromatic carbocycles. The van der Waals surface area contributed by atoms with Crippen molar-refractivity contribution < 1.29 is 13.7 Å². The zero-order valence-electron chi connectivity index (χ0n) is 13.6. The highest BCUT2D eigenvalue weighted by molar-refractivity contribution is 4.86. The average molecular weight is 306 g/mol. The Kier molecular flexibility index (Phi) is 4.77. The molecule has 3 heterocycles. The van der Waals surface area contributed by atoms with Crippen LogP contribution in [0.3, 0.4) is 0 Å². The molecule has 3 nitrogen and oxygen atoms in total. The Bertz CT molecular complexity index is 610. The van der Waals surface area contributed by atoms with Crippen molar-refractivity contribution in [2.45, 2.75) is 26.6 Å². The first kappa shape index (κ1) is 15.3. The van der Waals surface area contributed by atoms with Gasteiger partial charge in [0, 0.05) is 36.4 Å². The van der Waals surface area contributed by atoms with Crippen LogP contribution in [0.25, 0.3) is 0 Å². The molecule has 0 aliphatic rings.